The normalized spacial score (nSPS) is 18.9. The van der Waals surface area contributed by atoms with Crippen molar-refractivity contribution in [1.82, 2.24) is 26.1 Å². The summed E-state index contributed by atoms with van der Waals surface area (Å²) >= 11 is 3.41. The molecule has 200 valence electrons. The largest absolute Gasteiger partial charge is 0.456 e. The second-order valence-corrected chi connectivity index (χ2v) is 10.7. The third-order valence-electron chi connectivity index (χ3n) is 5.39. The van der Waals surface area contributed by atoms with Gasteiger partial charge in [0, 0.05) is 52.5 Å². The number of guanidine groups is 1. The zero-order chi connectivity index (χ0) is 26.4. The van der Waals surface area contributed by atoms with Gasteiger partial charge in [0.25, 0.3) is 0 Å². The minimum Gasteiger partial charge on any atom is -0.413 e. The molecule has 15 heteroatoms. The van der Waals surface area contributed by atoms with Crippen molar-refractivity contribution in [2.45, 2.75) is 56.5 Å². The number of imide groups is 1. The van der Waals surface area contributed by atoms with E-state index in [0.29, 0.717) is 44.3 Å². The molecule has 0 saturated carbocycles. The lowest BCUT2D eigenvalue weighted by Gasteiger charge is -2.38. The highest BCUT2D eigenvalue weighted by atomic mass is 127. The maximum Gasteiger partial charge on any atom is 0.456 e. The second-order valence-electron chi connectivity index (χ2n) is 8.23. The quantitative estimate of drug-likeness (QED) is 0.0311. The summed E-state index contributed by atoms with van der Waals surface area (Å²) in [5.74, 6) is 0.365. The topological polar surface area (TPSA) is 176 Å². The molecule has 1 aliphatic heterocycles. The average Bonchev–Trinajstić information content (AvgIpc) is 3.13. The highest BCUT2D eigenvalue weighted by Crippen LogP contribution is 2.29. The average molecular weight is 626 g/mol. The Morgan fingerprint density at radius 1 is 1.40 bits per heavy atom. The van der Waals surface area contributed by atoms with Gasteiger partial charge in [0.05, 0.1) is 11.3 Å². The number of nitrogens with zero attached hydrogens (tertiary/aromatic N) is 2. The van der Waals surface area contributed by atoms with Crippen LogP contribution in [-0.2, 0) is 19.0 Å². The second kappa shape index (κ2) is 16.6. The first kappa shape index (κ1) is 31.9. The van der Waals surface area contributed by atoms with E-state index in [-0.39, 0.29) is 30.7 Å². The summed E-state index contributed by atoms with van der Waals surface area (Å²) in [6.45, 7) is 5.34. The first-order valence-corrected chi connectivity index (χ1v) is 14.1. The van der Waals surface area contributed by atoms with Gasteiger partial charge in [-0.2, -0.15) is 0 Å². The Hall–Kier alpha value is -1.14. The van der Waals surface area contributed by atoms with Crippen molar-refractivity contribution in [3.63, 3.8) is 0 Å². The Morgan fingerprint density at radius 3 is 2.71 bits per heavy atom. The Morgan fingerprint density at radius 2 is 2.11 bits per heavy atom. The standard InChI is InChI=1S/C20H40BIN8O4S/c1-5-10-34-21(22)29-20(2,13-23)30-16(31)12-15(18(30)33)35-11-9-27-17(32)14(24)7-6-8-28-19(25-3)26-4/h14-15,29H,5-13,23-24H2,1-4H3,(H,27,32)(H2,25,26,28). The predicted molar refractivity (Wildman–Crippen MR) is 150 cm³/mol. The molecule has 0 aromatic rings. The molecule has 1 heterocycles. The van der Waals surface area contributed by atoms with E-state index in [1.807, 2.05) is 6.92 Å². The number of amides is 3. The molecule has 0 aromatic carbocycles. The number of carbonyl (C=O) groups excluding carboxylic acids is 3. The summed E-state index contributed by atoms with van der Waals surface area (Å²) in [4.78, 5) is 42.8. The summed E-state index contributed by atoms with van der Waals surface area (Å²) in [5, 5.41) is 11.5. The van der Waals surface area contributed by atoms with E-state index in [1.54, 1.807) is 21.0 Å². The molecule has 0 aromatic heterocycles. The number of halogens is 1. The Kier molecular flexibility index (Phi) is 15.1. The molecule has 0 spiro atoms. The SMILES string of the molecule is CCCOB(I)NC(C)(CN)N1C(=O)CC(SCCNC(=O)C(N)CCCNC(=NC)NC)C1=O. The number of nitrogens with one attached hydrogen (secondary N) is 4. The van der Waals surface area contributed by atoms with Gasteiger partial charge in [-0.05, 0) is 26.2 Å². The van der Waals surface area contributed by atoms with Crippen LogP contribution < -0.4 is 32.6 Å². The van der Waals surface area contributed by atoms with Crippen LogP contribution in [0.15, 0.2) is 4.99 Å². The number of rotatable bonds is 16. The van der Waals surface area contributed by atoms with Crippen molar-refractivity contribution in [1.29, 1.82) is 0 Å². The summed E-state index contributed by atoms with van der Waals surface area (Å²) in [7, 11) is 3.46. The maximum absolute atomic E-state index is 13.0. The first-order chi connectivity index (χ1) is 16.6. The maximum atomic E-state index is 13.0. The van der Waals surface area contributed by atoms with Crippen LogP contribution in [0.25, 0.3) is 0 Å². The molecule has 1 fully saturated rings. The van der Waals surface area contributed by atoms with E-state index in [9.17, 15) is 14.4 Å². The summed E-state index contributed by atoms with van der Waals surface area (Å²) < 4.78 is 5.62. The van der Waals surface area contributed by atoms with Crippen LogP contribution in [-0.4, -0.2) is 96.5 Å². The van der Waals surface area contributed by atoms with Crippen LogP contribution in [0.4, 0.5) is 0 Å². The molecule has 3 amide bonds. The Labute approximate surface area is 226 Å². The van der Waals surface area contributed by atoms with Gasteiger partial charge in [0.15, 0.2) is 5.96 Å². The third-order valence-corrected chi connectivity index (χ3v) is 7.27. The molecular formula is C20H40BIN8O4S. The van der Waals surface area contributed by atoms with Gasteiger partial charge in [0.2, 0.25) is 17.7 Å². The summed E-state index contributed by atoms with van der Waals surface area (Å²) in [6.07, 6.45) is 2.19. The molecule has 0 aliphatic carbocycles. The summed E-state index contributed by atoms with van der Waals surface area (Å²) in [5.41, 5.74) is 10.9. The number of likely N-dealkylation sites (tertiary alicyclic amines) is 1. The molecule has 35 heavy (non-hydrogen) atoms. The van der Waals surface area contributed by atoms with E-state index >= 15 is 0 Å². The number of hydrogen-bond donors (Lipinski definition) is 6. The van der Waals surface area contributed by atoms with Crippen molar-refractivity contribution >= 4 is 62.7 Å². The summed E-state index contributed by atoms with van der Waals surface area (Å²) in [6, 6.07) is -0.615. The monoisotopic (exact) mass is 626 g/mol. The number of thioether (sulfide) groups is 1. The molecule has 12 nitrogen and oxygen atoms in total. The van der Waals surface area contributed by atoms with Crippen LogP contribution in [0.1, 0.15) is 39.5 Å². The number of hydrogen-bond acceptors (Lipinski definition) is 9. The van der Waals surface area contributed by atoms with Crippen molar-refractivity contribution in [3.05, 3.63) is 0 Å². The molecule has 1 aliphatic rings. The number of aliphatic imine (C=N–C) groups is 1. The lowest BCUT2D eigenvalue weighted by atomic mass is 10.1. The van der Waals surface area contributed by atoms with Gasteiger partial charge in [-0.3, -0.25) is 29.5 Å². The van der Waals surface area contributed by atoms with Gasteiger partial charge >= 0.3 is 4.91 Å². The smallest absolute Gasteiger partial charge is 0.413 e. The molecule has 3 atom stereocenters. The number of nitrogens with two attached hydrogens (primary N) is 2. The fraction of sp³-hybridized carbons (Fsp3) is 0.800. The van der Waals surface area contributed by atoms with Crippen LogP contribution in [0.3, 0.4) is 0 Å². The fourth-order valence-electron chi connectivity index (χ4n) is 3.42. The van der Waals surface area contributed by atoms with Gasteiger partial charge in [0.1, 0.15) is 5.66 Å². The third kappa shape index (κ3) is 10.4. The van der Waals surface area contributed by atoms with Crippen LogP contribution in [0.2, 0.25) is 0 Å². The van der Waals surface area contributed by atoms with Crippen molar-refractivity contribution in [2.75, 3.05) is 46.1 Å². The lowest BCUT2D eigenvalue weighted by molar-refractivity contribution is -0.145. The molecule has 0 radical (unpaired) electrons. The van der Waals surface area contributed by atoms with E-state index in [4.69, 9.17) is 16.1 Å². The minimum absolute atomic E-state index is 0.0574. The zero-order valence-electron chi connectivity index (χ0n) is 21.1. The Bertz CT molecular complexity index is 737. The van der Waals surface area contributed by atoms with Crippen molar-refractivity contribution in [3.8, 4) is 0 Å². The van der Waals surface area contributed by atoms with Crippen LogP contribution in [0, 0.1) is 0 Å². The van der Waals surface area contributed by atoms with Gasteiger partial charge in [-0.15, -0.1) is 11.8 Å². The molecule has 1 rings (SSSR count). The van der Waals surface area contributed by atoms with E-state index in [0.717, 1.165) is 6.42 Å². The van der Waals surface area contributed by atoms with Crippen molar-refractivity contribution < 1.29 is 19.0 Å². The number of carbonyl (C=O) groups is 3. The van der Waals surface area contributed by atoms with Gasteiger partial charge < -0.3 is 32.1 Å². The van der Waals surface area contributed by atoms with Crippen LogP contribution >= 0.6 is 34.1 Å². The molecular weight excluding hydrogens is 586 g/mol. The molecule has 1 saturated heterocycles. The van der Waals surface area contributed by atoms with E-state index in [2.05, 4.69) is 48.5 Å². The van der Waals surface area contributed by atoms with Crippen LogP contribution in [0.5, 0.6) is 0 Å². The molecule has 0 bridgehead atoms. The predicted octanol–water partition coefficient (Wildman–Crippen LogP) is -1.02. The van der Waals surface area contributed by atoms with E-state index < -0.39 is 21.9 Å². The van der Waals surface area contributed by atoms with Crippen molar-refractivity contribution in [2.24, 2.45) is 16.5 Å². The minimum atomic E-state index is -1.05. The fourth-order valence-corrected chi connectivity index (χ4v) is 5.36. The van der Waals surface area contributed by atoms with E-state index in [1.165, 1.54) is 16.7 Å². The highest BCUT2D eigenvalue weighted by molar-refractivity contribution is 14.1. The molecule has 8 N–H and O–H groups in total. The Balaban J connectivity index is 2.44. The zero-order valence-corrected chi connectivity index (χ0v) is 24.0. The van der Waals surface area contributed by atoms with Gasteiger partial charge in [-0.1, -0.05) is 29.3 Å². The first-order valence-electron chi connectivity index (χ1n) is 11.8. The molecule has 3 unspecified atom stereocenters. The lowest BCUT2D eigenvalue weighted by Crippen LogP contribution is -2.66. The highest BCUT2D eigenvalue weighted by Gasteiger charge is 2.48. The van der Waals surface area contributed by atoms with Gasteiger partial charge in [-0.25, -0.2) is 0 Å².